The second-order valence-electron chi connectivity index (χ2n) is 4.66. The van der Waals surface area contributed by atoms with Crippen LogP contribution in [0.3, 0.4) is 0 Å². The van der Waals surface area contributed by atoms with Crippen molar-refractivity contribution in [1.82, 2.24) is 0 Å². The average molecular weight is 240 g/mol. The summed E-state index contributed by atoms with van der Waals surface area (Å²) >= 11 is 0. The Kier molecular flexibility index (Phi) is 4.42. The van der Waals surface area contributed by atoms with Crippen molar-refractivity contribution in [2.24, 2.45) is 0 Å². The van der Waals surface area contributed by atoms with Crippen molar-refractivity contribution in [1.29, 1.82) is 0 Å². The molecule has 1 rings (SSSR count). The van der Waals surface area contributed by atoms with E-state index in [1.807, 2.05) is 20.8 Å². The third kappa shape index (κ3) is 3.57. The van der Waals surface area contributed by atoms with Gasteiger partial charge >= 0.3 is 11.9 Å². The molecule has 0 aliphatic rings. The number of carboxylic acid groups (broad SMARTS) is 2. The van der Waals surface area contributed by atoms with E-state index in [-0.39, 0.29) is 22.0 Å². The van der Waals surface area contributed by atoms with Crippen molar-refractivity contribution in [2.75, 3.05) is 0 Å². The highest BCUT2D eigenvalue weighted by atomic mass is 16.4. The third-order valence-electron chi connectivity index (χ3n) is 2.29. The Bertz CT molecular complexity index is 410. The van der Waals surface area contributed by atoms with Gasteiger partial charge in [0.25, 0.3) is 0 Å². The predicted molar refractivity (Wildman–Crippen MR) is 62.7 cm³/mol. The van der Waals surface area contributed by atoms with Gasteiger partial charge in [-0.25, -0.2) is 9.59 Å². The summed E-state index contributed by atoms with van der Waals surface area (Å²) in [7, 11) is 0. The Morgan fingerprint density at radius 3 is 1.53 bits per heavy atom. The average Bonchev–Trinajstić information content (AvgIpc) is 2.15. The lowest BCUT2D eigenvalue weighted by molar-refractivity contribution is 0.0696. The molecule has 1 aromatic carbocycles. The van der Waals surface area contributed by atoms with E-state index in [2.05, 4.69) is 0 Å². The van der Waals surface area contributed by atoms with Gasteiger partial charge in [0.15, 0.2) is 0 Å². The smallest absolute Gasteiger partial charge is 0.335 e. The second kappa shape index (κ2) is 4.97. The van der Waals surface area contributed by atoms with Gasteiger partial charge in [-0.15, -0.1) is 0 Å². The van der Waals surface area contributed by atoms with Crippen molar-refractivity contribution in [2.45, 2.75) is 26.2 Å². The van der Waals surface area contributed by atoms with Crippen LogP contribution in [-0.2, 0) is 5.41 Å². The van der Waals surface area contributed by atoms with Crippen molar-refractivity contribution in [3.8, 4) is 0 Å². The first kappa shape index (κ1) is 15.1. The molecule has 0 amide bonds. The number of carbonyl (C=O) groups is 2. The van der Waals surface area contributed by atoms with Gasteiger partial charge in [0.05, 0.1) is 11.1 Å². The maximum atomic E-state index is 10.9. The van der Waals surface area contributed by atoms with E-state index in [0.717, 1.165) is 0 Å². The minimum absolute atomic E-state index is 0. The third-order valence-corrected chi connectivity index (χ3v) is 2.29. The first-order chi connectivity index (χ1) is 7.21. The standard InChI is InChI=1S/C12H14O4.H2O/c1-12(2,3)9-5-7(10(13)14)4-8(6-9)11(15)16;/h4-6H,1-3H3,(H,13,14)(H,15,16);1H2. The summed E-state index contributed by atoms with van der Waals surface area (Å²) in [5.74, 6) is -2.23. The molecule has 0 saturated carbocycles. The molecule has 0 spiro atoms. The summed E-state index contributed by atoms with van der Waals surface area (Å²) in [5, 5.41) is 17.8. The molecule has 17 heavy (non-hydrogen) atoms. The van der Waals surface area contributed by atoms with Crippen LogP contribution in [0.5, 0.6) is 0 Å². The summed E-state index contributed by atoms with van der Waals surface area (Å²) in [6.45, 7) is 5.71. The van der Waals surface area contributed by atoms with Gasteiger partial charge in [-0.2, -0.15) is 0 Å². The number of benzene rings is 1. The minimum atomic E-state index is -1.12. The van der Waals surface area contributed by atoms with Crippen LogP contribution >= 0.6 is 0 Å². The zero-order valence-electron chi connectivity index (χ0n) is 9.94. The molecule has 1 aromatic rings. The molecule has 0 radical (unpaired) electrons. The minimum Gasteiger partial charge on any atom is -0.478 e. The molecule has 0 aliphatic carbocycles. The van der Waals surface area contributed by atoms with E-state index in [9.17, 15) is 9.59 Å². The monoisotopic (exact) mass is 240 g/mol. The largest absolute Gasteiger partial charge is 0.478 e. The molecule has 5 nitrogen and oxygen atoms in total. The van der Waals surface area contributed by atoms with E-state index in [0.29, 0.717) is 5.56 Å². The maximum Gasteiger partial charge on any atom is 0.335 e. The molecule has 0 bridgehead atoms. The van der Waals surface area contributed by atoms with Gasteiger partial charge in [0, 0.05) is 0 Å². The molecule has 0 atom stereocenters. The zero-order chi connectivity index (χ0) is 12.5. The molecule has 0 unspecified atom stereocenters. The molecule has 0 aromatic heterocycles. The lowest BCUT2D eigenvalue weighted by Gasteiger charge is -2.20. The fourth-order valence-electron chi connectivity index (χ4n) is 1.31. The van der Waals surface area contributed by atoms with Crippen LogP contribution in [-0.4, -0.2) is 27.6 Å². The van der Waals surface area contributed by atoms with Crippen LogP contribution in [0.1, 0.15) is 47.1 Å². The van der Waals surface area contributed by atoms with E-state index >= 15 is 0 Å². The Morgan fingerprint density at radius 2 is 1.29 bits per heavy atom. The van der Waals surface area contributed by atoms with Crippen molar-refractivity contribution < 1.29 is 25.3 Å². The fraction of sp³-hybridized carbons (Fsp3) is 0.333. The van der Waals surface area contributed by atoms with E-state index < -0.39 is 11.9 Å². The second-order valence-corrected chi connectivity index (χ2v) is 4.66. The summed E-state index contributed by atoms with van der Waals surface area (Å²) in [4.78, 5) is 21.7. The molecule has 0 fully saturated rings. The lowest BCUT2D eigenvalue weighted by Crippen LogP contribution is -2.14. The van der Waals surface area contributed by atoms with Crippen molar-refractivity contribution in [3.63, 3.8) is 0 Å². The first-order valence-electron chi connectivity index (χ1n) is 4.84. The molecule has 0 saturated heterocycles. The molecular weight excluding hydrogens is 224 g/mol. The van der Waals surface area contributed by atoms with E-state index in [4.69, 9.17) is 10.2 Å². The Balaban J connectivity index is 0.00000256. The lowest BCUT2D eigenvalue weighted by atomic mass is 9.85. The summed E-state index contributed by atoms with van der Waals surface area (Å²) < 4.78 is 0. The quantitative estimate of drug-likeness (QED) is 0.817. The van der Waals surface area contributed by atoms with Crippen LogP contribution in [0.15, 0.2) is 18.2 Å². The van der Waals surface area contributed by atoms with Gasteiger partial charge in [-0.3, -0.25) is 0 Å². The number of rotatable bonds is 2. The van der Waals surface area contributed by atoms with Crippen LogP contribution in [0.25, 0.3) is 0 Å². The molecule has 5 heteroatoms. The zero-order valence-corrected chi connectivity index (χ0v) is 9.94. The van der Waals surface area contributed by atoms with Crippen molar-refractivity contribution in [3.05, 3.63) is 34.9 Å². The summed E-state index contributed by atoms with van der Waals surface area (Å²) in [6, 6.07) is 4.18. The Morgan fingerprint density at radius 1 is 0.941 bits per heavy atom. The number of hydrogen-bond donors (Lipinski definition) is 2. The van der Waals surface area contributed by atoms with Gasteiger partial charge in [0.2, 0.25) is 0 Å². The van der Waals surface area contributed by atoms with Crippen LogP contribution in [0.4, 0.5) is 0 Å². The predicted octanol–water partition coefficient (Wildman–Crippen LogP) is 1.56. The van der Waals surface area contributed by atoms with Crippen LogP contribution < -0.4 is 0 Å². The highest BCUT2D eigenvalue weighted by Crippen LogP contribution is 2.24. The van der Waals surface area contributed by atoms with Gasteiger partial charge in [-0.05, 0) is 29.2 Å². The number of hydrogen-bond acceptors (Lipinski definition) is 2. The SMILES string of the molecule is CC(C)(C)c1cc(C(=O)O)cc(C(=O)O)c1.O. The van der Waals surface area contributed by atoms with E-state index in [1.54, 1.807) is 0 Å². The molecule has 4 N–H and O–H groups in total. The molecule has 94 valence electrons. The fourth-order valence-corrected chi connectivity index (χ4v) is 1.31. The normalized spacial score (nSPS) is 10.5. The first-order valence-corrected chi connectivity index (χ1v) is 4.84. The Labute approximate surface area is 99.0 Å². The van der Waals surface area contributed by atoms with Crippen molar-refractivity contribution >= 4 is 11.9 Å². The van der Waals surface area contributed by atoms with E-state index in [1.165, 1.54) is 18.2 Å². The Hall–Kier alpha value is -1.88. The topological polar surface area (TPSA) is 106 Å². The maximum absolute atomic E-state index is 10.9. The number of aromatic carboxylic acids is 2. The van der Waals surface area contributed by atoms with Crippen LogP contribution in [0, 0.1) is 0 Å². The molecule has 0 aliphatic heterocycles. The van der Waals surface area contributed by atoms with Gasteiger partial charge in [-0.1, -0.05) is 20.8 Å². The summed E-state index contributed by atoms with van der Waals surface area (Å²) in [6.07, 6.45) is 0. The molecule has 0 heterocycles. The highest BCUT2D eigenvalue weighted by Gasteiger charge is 2.19. The van der Waals surface area contributed by atoms with Gasteiger partial charge in [0.1, 0.15) is 0 Å². The summed E-state index contributed by atoms with van der Waals surface area (Å²) in [5.41, 5.74) is 0.426. The highest BCUT2D eigenvalue weighted by molar-refractivity contribution is 5.94. The van der Waals surface area contributed by atoms with Crippen LogP contribution in [0.2, 0.25) is 0 Å². The number of carboxylic acids is 2. The molecular formula is C12H16O5. The van der Waals surface area contributed by atoms with Gasteiger partial charge < -0.3 is 15.7 Å².